The average Bonchev–Trinajstić information content (AvgIpc) is 2.26. The molecule has 21 heavy (non-hydrogen) atoms. The minimum atomic E-state index is -6.00. The van der Waals surface area contributed by atoms with Crippen LogP contribution in [0.25, 0.3) is 0 Å². The van der Waals surface area contributed by atoms with E-state index in [2.05, 4.69) is 0 Å². The number of halogens is 10. The summed E-state index contributed by atoms with van der Waals surface area (Å²) in [5.74, 6) is 0. The summed E-state index contributed by atoms with van der Waals surface area (Å²) >= 11 is 5.78. The monoisotopic (exact) mass is 354 g/mol. The second kappa shape index (κ2) is 7.82. The van der Waals surface area contributed by atoms with E-state index in [0.29, 0.717) is 17.0 Å². The summed E-state index contributed by atoms with van der Waals surface area (Å²) in [6.07, 6.45) is -0.704. The van der Waals surface area contributed by atoms with Gasteiger partial charge in [0.25, 0.3) is 6.30 Å². The molecule has 0 aromatic heterocycles. The molecule has 0 aromatic carbocycles. The number of quaternary nitrogens is 2. The Balaban J connectivity index is 0.000000340. The lowest BCUT2D eigenvalue weighted by atomic mass is 10.1. The number of alkyl halides is 2. The van der Waals surface area contributed by atoms with Crippen LogP contribution < -0.4 is 4.90 Å². The van der Waals surface area contributed by atoms with Crippen LogP contribution in [0.3, 0.4) is 0 Å². The van der Waals surface area contributed by atoms with Crippen molar-refractivity contribution in [2.75, 3.05) is 38.7 Å². The first-order valence-corrected chi connectivity index (χ1v) is 6.44. The Hall–Kier alpha value is -0.290. The molecule has 3 aliphatic rings. The molecule has 2 bridgehead atoms. The van der Waals surface area contributed by atoms with E-state index in [-0.39, 0.29) is 0 Å². The third kappa shape index (κ3) is 10.1. The van der Waals surface area contributed by atoms with Gasteiger partial charge in [0.1, 0.15) is 26.2 Å². The summed E-state index contributed by atoms with van der Waals surface area (Å²) in [6.45, 7) is 4.74. The minimum absolute atomic E-state index is 0.453. The van der Waals surface area contributed by atoms with Crippen LogP contribution in [0, 0.1) is 0 Å². The molecule has 0 amide bonds. The van der Waals surface area contributed by atoms with Crippen molar-refractivity contribution in [3.8, 4) is 0 Å². The highest BCUT2D eigenvalue weighted by Gasteiger charge is 2.49. The SMILES string of the molecule is FC1C[NH+]2CC[N+]1(CCl)CC2.F[B-](F)(F)F.F[B-](F)(F)F. The van der Waals surface area contributed by atoms with E-state index < -0.39 is 20.8 Å². The van der Waals surface area contributed by atoms with E-state index in [4.69, 9.17) is 11.6 Å². The minimum Gasteiger partial charge on any atom is -0.418 e. The molecular formula is C7H14B2ClF9N2. The molecule has 3 aliphatic heterocycles. The van der Waals surface area contributed by atoms with Crippen LogP contribution in [0.2, 0.25) is 0 Å². The topological polar surface area (TPSA) is 4.44 Å². The lowest BCUT2D eigenvalue weighted by molar-refractivity contribution is -1.09. The summed E-state index contributed by atoms with van der Waals surface area (Å²) in [6, 6.07) is 0.453. The van der Waals surface area contributed by atoms with Gasteiger partial charge in [-0.3, -0.25) is 4.48 Å². The fourth-order valence-electron chi connectivity index (χ4n) is 2.11. The highest BCUT2D eigenvalue weighted by atomic mass is 35.5. The molecule has 128 valence electrons. The van der Waals surface area contributed by atoms with Gasteiger partial charge < -0.3 is 39.4 Å². The third-order valence-electron chi connectivity index (χ3n) is 3.11. The van der Waals surface area contributed by atoms with Crippen molar-refractivity contribution >= 4 is 26.1 Å². The standard InChI is InChI=1S/C7H13ClFN2.2BF4/c8-6-11-3-1-10(2-4-11)5-7(11)9;2*2-1(3,4)5/h7H,1-6H2;;/q+1;2*-1/p+1. The molecule has 0 aliphatic carbocycles. The Morgan fingerprint density at radius 1 is 0.905 bits per heavy atom. The predicted molar refractivity (Wildman–Crippen MR) is 61.5 cm³/mol. The lowest BCUT2D eigenvalue weighted by Gasteiger charge is -2.48. The highest BCUT2D eigenvalue weighted by molar-refractivity contribution is 6.50. The first-order valence-electron chi connectivity index (χ1n) is 5.91. The Bertz CT molecular complexity index is 281. The van der Waals surface area contributed by atoms with E-state index in [1.807, 2.05) is 0 Å². The molecule has 14 heteroatoms. The molecule has 3 rings (SSSR count). The summed E-state index contributed by atoms with van der Waals surface area (Å²) in [7, 11) is -12.0. The number of fused-ring (bicyclic) bond motifs is 3. The molecule has 0 saturated carbocycles. The molecule has 0 spiro atoms. The van der Waals surface area contributed by atoms with Crippen LogP contribution in [0.4, 0.5) is 38.9 Å². The molecule has 0 radical (unpaired) electrons. The van der Waals surface area contributed by atoms with Crippen molar-refractivity contribution in [3.05, 3.63) is 0 Å². The van der Waals surface area contributed by atoms with Gasteiger partial charge in [-0.25, -0.2) is 0 Å². The van der Waals surface area contributed by atoms with Crippen LogP contribution in [0.15, 0.2) is 0 Å². The predicted octanol–water partition coefficient (Wildman–Crippen LogP) is 1.81. The van der Waals surface area contributed by atoms with Crippen molar-refractivity contribution in [2.24, 2.45) is 0 Å². The fourth-order valence-corrected chi connectivity index (χ4v) is 2.50. The number of piperazine rings is 3. The largest absolute Gasteiger partial charge is 0.673 e. The molecule has 1 unspecified atom stereocenters. The van der Waals surface area contributed by atoms with Crippen LogP contribution in [-0.2, 0) is 0 Å². The quantitative estimate of drug-likeness (QED) is 0.241. The van der Waals surface area contributed by atoms with Gasteiger partial charge in [0.05, 0.1) is 0 Å². The molecular weight excluding hydrogens is 340 g/mol. The number of hydrogen-bond donors (Lipinski definition) is 1. The first kappa shape index (κ1) is 20.7. The van der Waals surface area contributed by atoms with E-state index in [9.17, 15) is 38.9 Å². The van der Waals surface area contributed by atoms with Gasteiger partial charge in [0.15, 0.2) is 12.5 Å². The van der Waals surface area contributed by atoms with E-state index in [1.165, 1.54) is 4.90 Å². The van der Waals surface area contributed by atoms with Crippen LogP contribution in [0.5, 0.6) is 0 Å². The van der Waals surface area contributed by atoms with Gasteiger partial charge >= 0.3 is 14.5 Å². The van der Waals surface area contributed by atoms with Crippen molar-refractivity contribution in [1.82, 2.24) is 0 Å². The first-order chi connectivity index (χ1) is 9.27. The summed E-state index contributed by atoms with van der Waals surface area (Å²) in [5, 5.41) is 0. The number of nitrogens with zero attached hydrogens (tertiary/aromatic N) is 1. The molecule has 2 nitrogen and oxygen atoms in total. The van der Waals surface area contributed by atoms with Crippen molar-refractivity contribution in [3.63, 3.8) is 0 Å². The van der Waals surface area contributed by atoms with Crippen molar-refractivity contribution in [1.29, 1.82) is 0 Å². The molecule has 3 fully saturated rings. The Morgan fingerprint density at radius 2 is 1.24 bits per heavy atom. The Kier molecular flexibility index (Phi) is 7.71. The maximum atomic E-state index is 13.4. The van der Waals surface area contributed by atoms with Gasteiger partial charge in [0, 0.05) is 0 Å². The zero-order valence-electron chi connectivity index (χ0n) is 10.7. The normalized spacial score (nSPS) is 31.7. The number of nitrogens with one attached hydrogen (secondary N) is 1. The second-order valence-corrected chi connectivity index (χ2v) is 4.90. The molecule has 3 heterocycles. The highest BCUT2D eigenvalue weighted by Crippen LogP contribution is 2.19. The van der Waals surface area contributed by atoms with E-state index in [1.54, 1.807) is 0 Å². The molecule has 1 N–H and O–H groups in total. The molecule has 1 atom stereocenters. The molecule has 0 aromatic rings. The smallest absolute Gasteiger partial charge is 0.418 e. The van der Waals surface area contributed by atoms with Gasteiger partial charge in [-0.15, -0.1) is 0 Å². The van der Waals surface area contributed by atoms with Crippen LogP contribution >= 0.6 is 11.6 Å². The van der Waals surface area contributed by atoms with Crippen molar-refractivity contribution in [2.45, 2.75) is 6.30 Å². The Morgan fingerprint density at radius 3 is 1.43 bits per heavy atom. The van der Waals surface area contributed by atoms with Gasteiger partial charge in [-0.1, -0.05) is 11.6 Å². The molecule has 3 saturated heterocycles. The van der Waals surface area contributed by atoms with E-state index >= 15 is 0 Å². The maximum Gasteiger partial charge on any atom is 0.673 e. The second-order valence-electron chi connectivity index (χ2n) is 4.66. The zero-order valence-corrected chi connectivity index (χ0v) is 11.5. The van der Waals surface area contributed by atoms with Gasteiger partial charge in [-0.2, -0.15) is 4.39 Å². The summed E-state index contributed by atoms with van der Waals surface area (Å²) < 4.78 is 91.9. The maximum absolute atomic E-state index is 13.4. The summed E-state index contributed by atoms with van der Waals surface area (Å²) in [5.41, 5.74) is 0. The zero-order chi connectivity index (χ0) is 16.9. The van der Waals surface area contributed by atoms with Gasteiger partial charge in [-0.05, 0) is 0 Å². The lowest BCUT2D eigenvalue weighted by Crippen LogP contribution is -3.20. The van der Waals surface area contributed by atoms with Crippen LogP contribution in [0.1, 0.15) is 0 Å². The summed E-state index contributed by atoms with van der Waals surface area (Å²) in [4.78, 5) is 1.42. The number of rotatable bonds is 1. The van der Waals surface area contributed by atoms with Crippen molar-refractivity contribution < 1.29 is 48.3 Å². The van der Waals surface area contributed by atoms with Gasteiger partial charge in [0.2, 0.25) is 0 Å². The van der Waals surface area contributed by atoms with E-state index in [0.717, 1.165) is 26.2 Å². The third-order valence-corrected chi connectivity index (χ3v) is 3.59. The Labute approximate surface area is 120 Å². The fraction of sp³-hybridized carbons (Fsp3) is 1.00. The van der Waals surface area contributed by atoms with Crippen LogP contribution in [-0.4, -0.2) is 64.0 Å². The number of hydrogen-bond acceptors (Lipinski definition) is 0. The average molecular weight is 354 g/mol.